The monoisotopic (exact) mass is 266 g/mol. The number of H-pyrrole nitrogens is 1. The van der Waals surface area contributed by atoms with Crippen LogP contribution in [0.25, 0.3) is 10.9 Å². The maximum absolute atomic E-state index is 9.00. The van der Waals surface area contributed by atoms with Crippen LogP contribution in [0.4, 0.5) is 0 Å². The molecule has 1 aromatic carbocycles. The van der Waals surface area contributed by atoms with Gasteiger partial charge in [0, 0.05) is 35.1 Å². The first-order valence-corrected chi connectivity index (χ1v) is 6.15. The van der Waals surface area contributed by atoms with Gasteiger partial charge in [0.25, 0.3) is 5.97 Å². The van der Waals surface area contributed by atoms with E-state index in [0.29, 0.717) is 0 Å². The van der Waals surface area contributed by atoms with Crippen molar-refractivity contribution < 1.29 is 9.90 Å². The number of aromatic amines is 1. The average Bonchev–Trinajstić information content (AvgIpc) is 2.66. The van der Waals surface area contributed by atoms with Gasteiger partial charge in [0.1, 0.15) is 0 Å². The highest BCUT2D eigenvalue weighted by Crippen LogP contribution is 2.27. The highest BCUT2D eigenvalue weighted by molar-refractivity contribution is 6.31. The van der Waals surface area contributed by atoms with Crippen LogP contribution in [0.2, 0.25) is 5.02 Å². The van der Waals surface area contributed by atoms with Crippen molar-refractivity contribution in [2.75, 3.05) is 6.54 Å². The first-order chi connectivity index (χ1) is 8.58. The van der Waals surface area contributed by atoms with E-state index in [2.05, 4.69) is 22.4 Å². The summed E-state index contributed by atoms with van der Waals surface area (Å²) in [6.45, 7) is 3.09. The van der Waals surface area contributed by atoms with Crippen molar-refractivity contribution in [1.29, 1.82) is 0 Å². The van der Waals surface area contributed by atoms with Gasteiger partial charge in [-0.3, -0.25) is 4.79 Å². The molecule has 0 atom stereocenters. The molecule has 18 heavy (non-hydrogen) atoms. The zero-order chi connectivity index (χ0) is 13.1. The number of aromatic nitrogens is 1. The van der Waals surface area contributed by atoms with Gasteiger partial charge in [-0.2, -0.15) is 0 Å². The molecule has 0 spiro atoms. The molecule has 0 aliphatic carbocycles. The number of rotatable bonds is 0. The molecule has 3 N–H and O–H groups in total. The summed E-state index contributed by atoms with van der Waals surface area (Å²) in [5, 5.41) is 12.9. The standard InChI is InChI=1S/C11H11ClN2.C2H4O2/c12-7-1-2-10-9(5-7)8-3-4-13-6-11(8)14-10;1-2(3)4/h1-2,5,13-14H,3-4,6H2;1H3,(H,3,4). The SMILES string of the molecule is CC(=O)O.Clc1ccc2[nH]c3c(c2c1)CCNC3. The number of carboxylic acid groups (broad SMARTS) is 1. The van der Waals surface area contributed by atoms with Crippen molar-refractivity contribution in [2.24, 2.45) is 0 Å². The van der Waals surface area contributed by atoms with Crippen LogP contribution in [0.3, 0.4) is 0 Å². The predicted molar refractivity (Wildman–Crippen MR) is 72.0 cm³/mol. The van der Waals surface area contributed by atoms with Gasteiger partial charge in [-0.25, -0.2) is 0 Å². The number of benzene rings is 1. The van der Waals surface area contributed by atoms with Crippen molar-refractivity contribution in [1.82, 2.24) is 10.3 Å². The highest BCUT2D eigenvalue weighted by Gasteiger charge is 2.14. The molecule has 0 bridgehead atoms. The topological polar surface area (TPSA) is 65.1 Å². The fourth-order valence-corrected chi connectivity index (χ4v) is 2.31. The van der Waals surface area contributed by atoms with E-state index in [-0.39, 0.29) is 0 Å². The van der Waals surface area contributed by atoms with Gasteiger partial charge >= 0.3 is 0 Å². The molecule has 0 radical (unpaired) electrons. The van der Waals surface area contributed by atoms with Gasteiger partial charge in [0.15, 0.2) is 0 Å². The van der Waals surface area contributed by atoms with Crippen LogP contribution in [0, 0.1) is 0 Å². The Hall–Kier alpha value is -1.52. The summed E-state index contributed by atoms with van der Waals surface area (Å²) in [6.07, 6.45) is 1.09. The summed E-state index contributed by atoms with van der Waals surface area (Å²) in [5.74, 6) is -0.833. The normalized spacial score (nSPS) is 13.7. The number of aliphatic carboxylic acids is 1. The van der Waals surface area contributed by atoms with Crippen LogP contribution in [-0.4, -0.2) is 22.6 Å². The molecule has 0 unspecified atom stereocenters. The van der Waals surface area contributed by atoms with Crippen LogP contribution >= 0.6 is 11.6 Å². The van der Waals surface area contributed by atoms with Crippen LogP contribution in [0.5, 0.6) is 0 Å². The van der Waals surface area contributed by atoms with Gasteiger partial charge < -0.3 is 15.4 Å². The molecule has 1 aliphatic heterocycles. The molecular weight excluding hydrogens is 252 g/mol. The third-order valence-corrected chi connectivity index (χ3v) is 3.05. The minimum atomic E-state index is -0.833. The number of carbonyl (C=O) groups is 1. The lowest BCUT2D eigenvalue weighted by Gasteiger charge is -2.12. The maximum atomic E-state index is 9.00. The average molecular weight is 267 g/mol. The van der Waals surface area contributed by atoms with E-state index in [1.807, 2.05) is 6.07 Å². The largest absolute Gasteiger partial charge is 0.481 e. The Balaban J connectivity index is 0.000000267. The molecule has 0 fully saturated rings. The number of hydrogen-bond donors (Lipinski definition) is 3. The van der Waals surface area contributed by atoms with Crippen LogP contribution in [0.1, 0.15) is 18.2 Å². The van der Waals surface area contributed by atoms with E-state index >= 15 is 0 Å². The summed E-state index contributed by atoms with van der Waals surface area (Å²) in [7, 11) is 0. The first kappa shape index (κ1) is 12.9. The fourth-order valence-electron chi connectivity index (χ4n) is 2.14. The first-order valence-electron chi connectivity index (χ1n) is 5.77. The predicted octanol–water partition coefficient (Wildman–Crippen LogP) is 2.56. The summed E-state index contributed by atoms with van der Waals surface area (Å²) >= 11 is 5.99. The zero-order valence-electron chi connectivity index (χ0n) is 10.1. The summed E-state index contributed by atoms with van der Waals surface area (Å²) in [5.41, 5.74) is 3.94. The second kappa shape index (κ2) is 5.42. The third-order valence-electron chi connectivity index (χ3n) is 2.81. The minimum absolute atomic E-state index is 0.817. The Labute approximate surface area is 110 Å². The van der Waals surface area contributed by atoms with Gasteiger partial charge in [-0.15, -0.1) is 0 Å². The zero-order valence-corrected chi connectivity index (χ0v) is 10.8. The van der Waals surface area contributed by atoms with Crippen molar-refractivity contribution in [3.8, 4) is 0 Å². The third kappa shape index (κ3) is 2.83. The van der Waals surface area contributed by atoms with E-state index in [0.717, 1.165) is 31.5 Å². The van der Waals surface area contributed by atoms with E-state index in [4.69, 9.17) is 21.5 Å². The maximum Gasteiger partial charge on any atom is 0.300 e. The molecule has 5 heteroatoms. The Morgan fingerprint density at radius 2 is 2.17 bits per heavy atom. The smallest absolute Gasteiger partial charge is 0.300 e. The van der Waals surface area contributed by atoms with E-state index in [1.165, 1.54) is 22.2 Å². The van der Waals surface area contributed by atoms with Crippen LogP contribution < -0.4 is 5.32 Å². The molecule has 2 heterocycles. The Kier molecular flexibility index (Phi) is 3.89. The number of hydrogen-bond acceptors (Lipinski definition) is 2. The molecular formula is C13H15ClN2O2. The molecule has 4 nitrogen and oxygen atoms in total. The number of nitrogens with one attached hydrogen (secondary N) is 2. The lowest BCUT2D eigenvalue weighted by Crippen LogP contribution is -2.22. The lowest BCUT2D eigenvalue weighted by molar-refractivity contribution is -0.134. The Morgan fingerprint density at radius 3 is 2.89 bits per heavy atom. The van der Waals surface area contributed by atoms with Crippen LogP contribution in [0.15, 0.2) is 18.2 Å². The number of carboxylic acids is 1. The molecule has 0 saturated carbocycles. The molecule has 0 amide bonds. The lowest BCUT2D eigenvalue weighted by atomic mass is 10.1. The summed E-state index contributed by atoms with van der Waals surface area (Å²) < 4.78 is 0. The Morgan fingerprint density at radius 1 is 1.44 bits per heavy atom. The molecule has 2 aromatic rings. The Bertz CT molecular complexity index is 574. The van der Waals surface area contributed by atoms with Gasteiger partial charge in [-0.05, 0) is 36.7 Å². The quantitative estimate of drug-likeness (QED) is 0.687. The molecule has 96 valence electrons. The highest BCUT2D eigenvalue weighted by atomic mass is 35.5. The molecule has 0 saturated heterocycles. The summed E-state index contributed by atoms with van der Waals surface area (Å²) in [4.78, 5) is 12.4. The van der Waals surface area contributed by atoms with Crippen molar-refractivity contribution in [3.63, 3.8) is 0 Å². The molecule has 3 rings (SSSR count). The molecule has 1 aliphatic rings. The molecule has 1 aromatic heterocycles. The van der Waals surface area contributed by atoms with Crippen LogP contribution in [-0.2, 0) is 17.8 Å². The van der Waals surface area contributed by atoms with E-state index < -0.39 is 5.97 Å². The van der Waals surface area contributed by atoms with Gasteiger partial charge in [0.2, 0.25) is 0 Å². The second-order valence-corrected chi connectivity index (χ2v) is 4.65. The van der Waals surface area contributed by atoms with Gasteiger partial charge in [-0.1, -0.05) is 11.6 Å². The van der Waals surface area contributed by atoms with Crippen molar-refractivity contribution >= 4 is 28.5 Å². The van der Waals surface area contributed by atoms with E-state index in [9.17, 15) is 0 Å². The van der Waals surface area contributed by atoms with Gasteiger partial charge in [0.05, 0.1) is 0 Å². The van der Waals surface area contributed by atoms with Crippen molar-refractivity contribution in [3.05, 3.63) is 34.5 Å². The summed E-state index contributed by atoms with van der Waals surface area (Å²) in [6, 6.07) is 6.03. The fraction of sp³-hybridized carbons (Fsp3) is 0.308. The van der Waals surface area contributed by atoms with Crippen molar-refractivity contribution in [2.45, 2.75) is 19.9 Å². The van der Waals surface area contributed by atoms with E-state index in [1.54, 1.807) is 0 Å². The number of halogens is 1. The number of fused-ring (bicyclic) bond motifs is 3. The minimum Gasteiger partial charge on any atom is -0.481 e. The second-order valence-electron chi connectivity index (χ2n) is 4.22.